The summed E-state index contributed by atoms with van der Waals surface area (Å²) < 4.78 is 4.63. The van der Waals surface area contributed by atoms with Crippen LogP contribution in [0.15, 0.2) is 146 Å². The van der Waals surface area contributed by atoms with Gasteiger partial charge in [0.2, 0.25) is 0 Å². The highest BCUT2D eigenvalue weighted by Gasteiger charge is 2.21. The van der Waals surface area contributed by atoms with Crippen molar-refractivity contribution in [2.45, 2.75) is 13.8 Å². The van der Waals surface area contributed by atoms with E-state index in [0.29, 0.717) is 0 Å². The van der Waals surface area contributed by atoms with Crippen LogP contribution in [0.3, 0.4) is 0 Å². The fraction of sp³-hybridized carbons (Fsp3) is 0.0455. The van der Waals surface area contributed by atoms with E-state index in [-0.39, 0.29) is 0 Å². The average Bonchev–Trinajstić information content (AvgIpc) is 3.64. The molecule has 226 valence electrons. The van der Waals surface area contributed by atoms with E-state index in [2.05, 4.69) is 169 Å². The molecule has 0 amide bonds. The molecule has 0 unspecified atom stereocenters. The fourth-order valence-corrected chi connectivity index (χ4v) is 7.98. The second-order valence-corrected chi connectivity index (χ2v) is 12.7. The van der Waals surface area contributed by atoms with E-state index in [0.717, 1.165) is 45.1 Å². The van der Waals surface area contributed by atoms with E-state index in [1.54, 1.807) is 0 Å². The third kappa shape index (κ3) is 3.77. The topological polar surface area (TPSA) is 35.6 Å². The van der Waals surface area contributed by atoms with Gasteiger partial charge in [0.15, 0.2) is 0 Å². The molecule has 4 heteroatoms. The number of nitrogens with zero attached hydrogens (tertiary/aromatic N) is 4. The summed E-state index contributed by atoms with van der Waals surface area (Å²) >= 11 is 0. The quantitative estimate of drug-likeness (QED) is 0.186. The molecule has 0 atom stereocenters. The Balaban J connectivity index is 1.45. The predicted octanol–water partition coefficient (Wildman–Crippen LogP) is 11.3. The van der Waals surface area contributed by atoms with E-state index in [1.807, 2.05) is 0 Å². The van der Waals surface area contributed by atoms with Gasteiger partial charge in [0, 0.05) is 10.8 Å². The lowest BCUT2D eigenvalue weighted by Crippen LogP contribution is -2.01. The van der Waals surface area contributed by atoms with Gasteiger partial charge in [-0.15, -0.1) is 0 Å². The smallest absolute Gasteiger partial charge is 0.111 e. The first-order valence-electron chi connectivity index (χ1n) is 16.4. The first kappa shape index (κ1) is 26.9. The molecule has 2 aromatic heterocycles. The van der Waals surface area contributed by atoms with Crippen LogP contribution in [0.2, 0.25) is 0 Å². The molecular weight excluding hydrogens is 585 g/mol. The lowest BCUT2D eigenvalue weighted by Gasteiger charge is -2.21. The van der Waals surface area contributed by atoms with Crippen molar-refractivity contribution in [3.63, 3.8) is 0 Å². The molecule has 0 saturated carbocycles. The molecule has 48 heavy (non-hydrogen) atoms. The maximum absolute atomic E-state index is 4.98. The monoisotopic (exact) mass is 614 g/mol. The Bertz CT molecular complexity index is 2730. The molecule has 2 heterocycles. The summed E-state index contributed by atoms with van der Waals surface area (Å²) in [5, 5.41) is 9.73. The molecule has 0 aliphatic heterocycles. The highest BCUT2D eigenvalue weighted by molar-refractivity contribution is 6.25. The first-order valence-corrected chi connectivity index (χ1v) is 16.4. The predicted molar refractivity (Wildman–Crippen MR) is 201 cm³/mol. The lowest BCUT2D eigenvalue weighted by atomic mass is 9.85. The fourth-order valence-electron chi connectivity index (χ4n) is 7.98. The van der Waals surface area contributed by atoms with Gasteiger partial charge in [0.1, 0.15) is 11.6 Å². The van der Waals surface area contributed by atoms with Crippen LogP contribution in [0.5, 0.6) is 0 Å². The van der Waals surface area contributed by atoms with E-state index in [1.165, 1.54) is 54.2 Å². The normalized spacial score (nSPS) is 12.0. The van der Waals surface area contributed by atoms with E-state index < -0.39 is 0 Å². The highest BCUT2D eigenvalue weighted by Crippen LogP contribution is 2.46. The van der Waals surface area contributed by atoms with Gasteiger partial charge in [-0.3, -0.25) is 9.13 Å². The van der Waals surface area contributed by atoms with E-state index in [4.69, 9.17) is 9.97 Å². The number of hydrogen-bond donors (Lipinski definition) is 0. The Labute approximate surface area is 277 Å². The molecule has 0 spiro atoms. The lowest BCUT2D eigenvalue weighted by molar-refractivity contribution is 1.01. The molecule has 0 saturated heterocycles. The summed E-state index contributed by atoms with van der Waals surface area (Å²) in [6, 6.07) is 52.6. The number of aromatic nitrogens is 4. The van der Waals surface area contributed by atoms with Crippen LogP contribution >= 0.6 is 0 Å². The maximum atomic E-state index is 4.98. The van der Waals surface area contributed by atoms with E-state index in [9.17, 15) is 0 Å². The third-order valence-electron chi connectivity index (χ3n) is 9.95. The Morgan fingerprint density at radius 3 is 1.31 bits per heavy atom. The SMILES string of the molecule is Cc1nc2ccccc2n1-c1cccc2c(-c3c4ccccc4cc4ccccc34)c3cccc(-n4c(C)nc5ccccc54)c3cc12. The van der Waals surface area contributed by atoms with Gasteiger partial charge in [-0.05, 0) is 106 Å². The van der Waals surface area contributed by atoms with Crippen LogP contribution in [0, 0.1) is 13.8 Å². The van der Waals surface area contributed by atoms with Gasteiger partial charge in [-0.1, -0.05) is 97.1 Å². The molecule has 4 nitrogen and oxygen atoms in total. The Kier molecular flexibility index (Phi) is 5.67. The minimum absolute atomic E-state index is 0.964. The van der Waals surface area contributed by atoms with Crippen LogP contribution < -0.4 is 0 Å². The molecule has 0 fully saturated rings. The molecule has 0 N–H and O–H groups in total. The summed E-state index contributed by atoms with van der Waals surface area (Å²) in [5.41, 5.74) is 8.93. The van der Waals surface area contributed by atoms with Gasteiger partial charge in [0.25, 0.3) is 0 Å². The first-order chi connectivity index (χ1) is 23.7. The van der Waals surface area contributed by atoms with Crippen molar-refractivity contribution < 1.29 is 0 Å². The van der Waals surface area contributed by atoms with Gasteiger partial charge in [-0.2, -0.15) is 0 Å². The Morgan fingerprint density at radius 2 is 0.792 bits per heavy atom. The summed E-state index contributed by atoms with van der Waals surface area (Å²) in [7, 11) is 0. The summed E-state index contributed by atoms with van der Waals surface area (Å²) in [5.74, 6) is 1.93. The molecule has 0 aliphatic rings. The van der Waals surface area contributed by atoms with E-state index >= 15 is 0 Å². The molecule has 0 bridgehead atoms. The third-order valence-corrected chi connectivity index (χ3v) is 9.95. The Morgan fingerprint density at radius 1 is 0.375 bits per heavy atom. The van der Waals surface area contributed by atoms with Crippen LogP contribution in [-0.2, 0) is 0 Å². The number of benzene rings is 8. The number of para-hydroxylation sites is 4. The van der Waals surface area contributed by atoms with Crippen LogP contribution in [0.4, 0.5) is 0 Å². The summed E-state index contributed by atoms with van der Waals surface area (Å²) in [4.78, 5) is 9.95. The summed E-state index contributed by atoms with van der Waals surface area (Å²) in [6.45, 7) is 4.21. The van der Waals surface area contributed by atoms with Crippen molar-refractivity contribution in [2.75, 3.05) is 0 Å². The molecule has 10 aromatic rings. The van der Waals surface area contributed by atoms with Crippen molar-refractivity contribution in [3.05, 3.63) is 157 Å². The van der Waals surface area contributed by atoms with Gasteiger partial charge < -0.3 is 0 Å². The molecule has 10 rings (SSSR count). The highest BCUT2D eigenvalue weighted by atomic mass is 15.1. The molecular formula is C44H30N4. The van der Waals surface area contributed by atoms with Gasteiger partial charge >= 0.3 is 0 Å². The number of rotatable bonds is 3. The minimum atomic E-state index is 0.964. The standard InChI is InChI=1S/C44H30N4/c1-27-45-37-19-7-9-21-41(37)47(27)39-23-11-17-33-35(39)26-36-34(18-12-24-40(36)48-28(2)46-38-20-8-10-22-42(38)48)44(33)43-31-15-5-3-13-29(31)25-30-14-4-6-16-32(30)43/h3-26H,1-2H3. The number of aryl methyl sites for hydroxylation is 2. The van der Waals surface area contributed by atoms with Gasteiger partial charge in [0.05, 0.1) is 33.4 Å². The van der Waals surface area contributed by atoms with Gasteiger partial charge in [-0.25, -0.2) is 9.97 Å². The average molecular weight is 615 g/mol. The number of imidazole rings is 2. The molecule has 0 aliphatic carbocycles. The molecule has 8 aromatic carbocycles. The number of hydrogen-bond acceptors (Lipinski definition) is 2. The number of fused-ring (bicyclic) bond motifs is 6. The van der Waals surface area contributed by atoms with Crippen molar-refractivity contribution >= 4 is 65.2 Å². The zero-order valence-electron chi connectivity index (χ0n) is 26.6. The van der Waals surface area contributed by atoms with Crippen molar-refractivity contribution in [1.82, 2.24) is 19.1 Å². The van der Waals surface area contributed by atoms with Crippen LogP contribution in [-0.4, -0.2) is 19.1 Å². The van der Waals surface area contributed by atoms with Crippen molar-refractivity contribution in [2.24, 2.45) is 0 Å². The van der Waals surface area contributed by atoms with Crippen LogP contribution in [0.25, 0.3) is 87.7 Å². The van der Waals surface area contributed by atoms with Crippen LogP contribution in [0.1, 0.15) is 11.6 Å². The maximum Gasteiger partial charge on any atom is 0.111 e. The second kappa shape index (κ2) is 10.1. The summed E-state index contributed by atoms with van der Waals surface area (Å²) in [6.07, 6.45) is 0. The second-order valence-electron chi connectivity index (χ2n) is 12.7. The largest absolute Gasteiger partial charge is 0.296 e. The zero-order chi connectivity index (χ0) is 31.9. The zero-order valence-corrected chi connectivity index (χ0v) is 26.6. The minimum Gasteiger partial charge on any atom is -0.296 e. The molecule has 0 radical (unpaired) electrons. The van der Waals surface area contributed by atoms with Crippen molar-refractivity contribution in [1.29, 1.82) is 0 Å². The Hall–Kier alpha value is -6.26. The van der Waals surface area contributed by atoms with Crippen molar-refractivity contribution in [3.8, 4) is 22.5 Å².